The van der Waals surface area contributed by atoms with E-state index >= 15 is 0 Å². The van der Waals surface area contributed by atoms with Crippen LogP contribution in [0.1, 0.15) is 44.7 Å². The molecule has 2 rings (SSSR count). The lowest BCUT2D eigenvalue weighted by Crippen LogP contribution is -2.37. The molecule has 134 valence electrons. The van der Waals surface area contributed by atoms with E-state index in [2.05, 4.69) is 5.32 Å². The zero-order valence-electron chi connectivity index (χ0n) is 13.7. The molecule has 2 N–H and O–H groups in total. The monoisotopic (exact) mass is 345 g/mol. The van der Waals surface area contributed by atoms with Crippen molar-refractivity contribution < 1.29 is 27.8 Å². The van der Waals surface area contributed by atoms with Crippen LogP contribution in [0.25, 0.3) is 0 Å². The predicted octanol–water partition coefficient (Wildman–Crippen LogP) is 3.36. The van der Waals surface area contributed by atoms with Crippen LogP contribution in [0.5, 0.6) is 5.75 Å². The van der Waals surface area contributed by atoms with Crippen LogP contribution in [-0.4, -0.2) is 29.4 Å². The van der Waals surface area contributed by atoms with Gasteiger partial charge in [0, 0.05) is 0 Å². The number of hydrogen-bond acceptors (Lipinski definition) is 3. The molecule has 4 nitrogen and oxygen atoms in total. The summed E-state index contributed by atoms with van der Waals surface area (Å²) in [5, 5.41) is 13.0. The minimum Gasteiger partial charge on any atom is -0.484 e. The normalized spacial score (nSPS) is 18.6. The van der Waals surface area contributed by atoms with Crippen LogP contribution in [-0.2, 0) is 4.79 Å². The van der Waals surface area contributed by atoms with Crippen molar-refractivity contribution in [1.82, 2.24) is 5.32 Å². The Morgan fingerprint density at radius 1 is 1.42 bits per heavy atom. The van der Waals surface area contributed by atoms with Gasteiger partial charge in [0.2, 0.25) is 5.91 Å². The highest BCUT2D eigenvalue weighted by atomic mass is 19.4. The Morgan fingerprint density at radius 2 is 2.08 bits per heavy atom. The lowest BCUT2D eigenvalue weighted by molar-refractivity contribution is -0.153. The van der Waals surface area contributed by atoms with Crippen molar-refractivity contribution in [3.05, 3.63) is 29.8 Å². The van der Waals surface area contributed by atoms with Crippen molar-refractivity contribution in [2.24, 2.45) is 5.92 Å². The summed E-state index contributed by atoms with van der Waals surface area (Å²) in [6, 6.07) is 5.77. The molecule has 0 aliphatic heterocycles. The maximum atomic E-state index is 12.2. The van der Waals surface area contributed by atoms with Crippen molar-refractivity contribution in [3.8, 4) is 5.75 Å². The van der Waals surface area contributed by atoms with Gasteiger partial charge in [-0.2, -0.15) is 13.2 Å². The SMILES string of the molecule is C[C@H](NC(=O)CC(C)(O)C1CC1)c1cccc(OCC(F)(F)F)c1. The topological polar surface area (TPSA) is 58.6 Å². The summed E-state index contributed by atoms with van der Waals surface area (Å²) in [5.74, 6) is -0.0328. The van der Waals surface area contributed by atoms with Gasteiger partial charge in [-0.15, -0.1) is 0 Å². The van der Waals surface area contributed by atoms with Crippen LogP contribution in [0.3, 0.4) is 0 Å². The third-order valence-corrected chi connectivity index (χ3v) is 4.11. The van der Waals surface area contributed by atoms with E-state index in [0.29, 0.717) is 5.56 Å². The van der Waals surface area contributed by atoms with Gasteiger partial charge < -0.3 is 15.2 Å². The van der Waals surface area contributed by atoms with Crippen LogP contribution in [0.4, 0.5) is 13.2 Å². The Bertz CT molecular complexity index is 583. The molecule has 1 amide bonds. The first-order chi connectivity index (χ1) is 11.1. The second-order valence-corrected chi connectivity index (χ2v) is 6.57. The number of nitrogens with one attached hydrogen (secondary N) is 1. The summed E-state index contributed by atoms with van der Waals surface area (Å²) in [6.45, 7) is 2.02. The van der Waals surface area contributed by atoms with Gasteiger partial charge in [-0.25, -0.2) is 0 Å². The zero-order chi connectivity index (χ0) is 18.0. The van der Waals surface area contributed by atoms with Gasteiger partial charge in [-0.1, -0.05) is 12.1 Å². The lowest BCUT2D eigenvalue weighted by Gasteiger charge is -2.23. The first-order valence-electron chi connectivity index (χ1n) is 7.88. The molecule has 24 heavy (non-hydrogen) atoms. The van der Waals surface area contributed by atoms with Crippen LogP contribution >= 0.6 is 0 Å². The molecule has 0 spiro atoms. The molecule has 0 heterocycles. The van der Waals surface area contributed by atoms with Crippen LogP contribution in [0.15, 0.2) is 24.3 Å². The van der Waals surface area contributed by atoms with E-state index in [0.717, 1.165) is 12.8 Å². The first-order valence-corrected chi connectivity index (χ1v) is 7.88. The number of amides is 1. The Morgan fingerprint density at radius 3 is 2.67 bits per heavy atom. The number of benzene rings is 1. The fraction of sp³-hybridized carbons (Fsp3) is 0.588. The predicted molar refractivity (Wildman–Crippen MR) is 82.5 cm³/mol. The van der Waals surface area contributed by atoms with Crippen molar-refractivity contribution in [2.45, 2.75) is 50.9 Å². The fourth-order valence-corrected chi connectivity index (χ4v) is 2.59. The van der Waals surface area contributed by atoms with E-state index in [-0.39, 0.29) is 24.0 Å². The molecule has 1 aromatic rings. The number of rotatable bonds is 7. The Hall–Kier alpha value is -1.76. The second kappa shape index (κ2) is 7.01. The molecular weight excluding hydrogens is 323 g/mol. The van der Waals surface area contributed by atoms with Gasteiger partial charge >= 0.3 is 6.18 Å². The van der Waals surface area contributed by atoms with Crippen molar-refractivity contribution in [3.63, 3.8) is 0 Å². The minimum atomic E-state index is -4.40. The second-order valence-electron chi connectivity index (χ2n) is 6.57. The molecule has 1 saturated carbocycles. The smallest absolute Gasteiger partial charge is 0.422 e. The van der Waals surface area contributed by atoms with E-state index < -0.39 is 24.4 Å². The third-order valence-electron chi connectivity index (χ3n) is 4.11. The summed E-state index contributed by atoms with van der Waals surface area (Å²) < 4.78 is 41.3. The Kier molecular flexibility index (Phi) is 5.42. The Balaban J connectivity index is 1.91. The van der Waals surface area contributed by atoms with Gasteiger partial charge in [-0.3, -0.25) is 4.79 Å². The van der Waals surface area contributed by atoms with E-state index in [1.54, 1.807) is 26.0 Å². The molecule has 1 unspecified atom stereocenters. The third kappa shape index (κ3) is 5.70. The van der Waals surface area contributed by atoms with Gasteiger partial charge in [0.1, 0.15) is 5.75 Å². The first kappa shape index (κ1) is 18.6. The van der Waals surface area contributed by atoms with E-state index in [1.165, 1.54) is 12.1 Å². The largest absolute Gasteiger partial charge is 0.484 e. The number of alkyl halides is 3. The fourth-order valence-electron chi connectivity index (χ4n) is 2.59. The molecule has 0 radical (unpaired) electrons. The lowest BCUT2D eigenvalue weighted by atomic mass is 9.95. The molecule has 1 aliphatic carbocycles. The highest BCUT2D eigenvalue weighted by Gasteiger charge is 2.41. The molecule has 1 aromatic carbocycles. The quantitative estimate of drug-likeness (QED) is 0.797. The van der Waals surface area contributed by atoms with Gasteiger partial charge in [-0.05, 0) is 50.3 Å². The van der Waals surface area contributed by atoms with Crippen LogP contribution in [0, 0.1) is 5.92 Å². The van der Waals surface area contributed by atoms with Crippen LogP contribution in [0.2, 0.25) is 0 Å². The molecular formula is C17H22F3NO3. The van der Waals surface area contributed by atoms with Gasteiger partial charge in [0.15, 0.2) is 6.61 Å². The average molecular weight is 345 g/mol. The van der Waals surface area contributed by atoms with Crippen molar-refractivity contribution >= 4 is 5.91 Å². The van der Waals surface area contributed by atoms with E-state index in [1.807, 2.05) is 0 Å². The van der Waals surface area contributed by atoms with E-state index in [4.69, 9.17) is 4.74 Å². The molecule has 7 heteroatoms. The number of aliphatic hydroxyl groups is 1. The zero-order valence-corrected chi connectivity index (χ0v) is 13.7. The highest BCUT2D eigenvalue weighted by Crippen LogP contribution is 2.41. The summed E-state index contributed by atoms with van der Waals surface area (Å²) in [4.78, 5) is 12.1. The molecule has 1 fully saturated rings. The number of halogens is 3. The van der Waals surface area contributed by atoms with E-state index in [9.17, 15) is 23.1 Å². The number of ether oxygens (including phenoxy) is 1. The van der Waals surface area contributed by atoms with Gasteiger partial charge in [0.25, 0.3) is 0 Å². The number of carbonyl (C=O) groups is 1. The van der Waals surface area contributed by atoms with Gasteiger partial charge in [0.05, 0.1) is 18.1 Å². The maximum Gasteiger partial charge on any atom is 0.422 e. The van der Waals surface area contributed by atoms with Crippen LogP contribution < -0.4 is 10.1 Å². The standard InChI is InChI=1S/C17H22F3NO3/c1-11(21-15(22)9-16(2,23)13-6-7-13)12-4-3-5-14(8-12)24-10-17(18,19)20/h3-5,8,11,13,23H,6-7,9-10H2,1-2H3,(H,21,22)/t11-,16?/m0/s1. The van der Waals surface area contributed by atoms with Crippen molar-refractivity contribution in [1.29, 1.82) is 0 Å². The summed E-state index contributed by atoms with van der Waals surface area (Å²) >= 11 is 0. The average Bonchev–Trinajstić information content (AvgIpc) is 3.29. The minimum absolute atomic E-state index is 0.00622. The highest BCUT2D eigenvalue weighted by molar-refractivity contribution is 5.77. The van der Waals surface area contributed by atoms with Crippen molar-refractivity contribution in [2.75, 3.05) is 6.61 Å². The summed E-state index contributed by atoms with van der Waals surface area (Å²) in [7, 11) is 0. The molecule has 0 bridgehead atoms. The Labute approximate surface area is 139 Å². The molecule has 0 saturated heterocycles. The summed E-state index contributed by atoms with van der Waals surface area (Å²) in [6.07, 6.45) is -2.54. The maximum absolute atomic E-state index is 12.2. The molecule has 0 aromatic heterocycles. The number of hydrogen-bond donors (Lipinski definition) is 2. The summed E-state index contributed by atoms with van der Waals surface area (Å²) in [5.41, 5.74) is -0.379. The molecule has 2 atom stereocenters. The molecule has 1 aliphatic rings. The number of carbonyl (C=O) groups excluding carboxylic acids is 1.